The predicted molar refractivity (Wildman–Crippen MR) is 75.6 cm³/mol. The number of piperazine rings is 1. The SMILES string of the molecule is CC(C)(C)N1CCN(C(=O)N2CC(CC(=O)O)C2)CC1. The molecule has 0 aromatic heterocycles. The fourth-order valence-corrected chi connectivity index (χ4v) is 2.87. The van der Waals surface area contributed by atoms with Gasteiger partial charge in [0.1, 0.15) is 0 Å². The van der Waals surface area contributed by atoms with Gasteiger partial charge in [-0.1, -0.05) is 0 Å². The second-order valence-electron chi connectivity index (χ2n) is 6.80. The van der Waals surface area contributed by atoms with E-state index < -0.39 is 5.97 Å². The Kier molecular flexibility index (Phi) is 4.22. The lowest BCUT2D eigenvalue weighted by molar-refractivity contribution is -0.139. The van der Waals surface area contributed by atoms with Gasteiger partial charge in [-0.3, -0.25) is 9.69 Å². The molecule has 1 N–H and O–H groups in total. The maximum Gasteiger partial charge on any atom is 0.320 e. The highest BCUT2D eigenvalue weighted by Crippen LogP contribution is 2.22. The first-order valence-electron chi connectivity index (χ1n) is 7.28. The number of hydrogen-bond donors (Lipinski definition) is 1. The number of rotatable bonds is 2. The molecular formula is C14H25N3O3. The zero-order chi connectivity index (χ0) is 14.9. The number of carboxylic acids is 1. The van der Waals surface area contributed by atoms with Crippen LogP contribution in [0.5, 0.6) is 0 Å². The van der Waals surface area contributed by atoms with E-state index in [1.165, 1.54) is 0 Å². The molecule has 6 nitrogen and oxygen atoms in total. The number of likely N-dealkylation sites (tertiary alicyclic amines) is 1. The summed E-state index contributed by atoms with van der Waals surface area (Å²) in [5, 5.41) is 8.71. The molecule has 2 rings (SSSR count). The lowest BCUT2D eigenvalue weighted by Gasteiger charge is -2.46. The van der Waals surface area contributed by atoms with Crippen molar-refractivity contribution in [1.29, 1.82) is 0 Å². The summed E-state index contributed by atoms with van der Waals surface area (Å²) >= 11 is 0. The normalized spacial score (nSPS) is 21.8. The van der Waals surface area contributed by atoms with Gasteiger partial charge in [0.05, 0.1) is 6.42 Å². The van der Waals surface area contributed by atoms with E-state index in [0.717, 1.165) is 26.2 Å². The summed E-state index contributed by atoms with van der Waals surface area (Å²) in [6.45, 7) is 11.1. The van der Waals surface area contributed by atoms with Crippen molar-refractivity contribution >= 4 is 12.0 Å². The van der Waals surface area contributed by atoms with Gasteiger partial charge in [-0.25, -0.2) is 4.79 Å². The van der Waals surface area contributed by atoms with E-state index in [9.17, 15) is 9.59 Å². The number of aliphatic carboxylic acids is 1. The van der Waals surface area contributed by atoms with Crippen LogP contribution in [0.25, 0.3) is 0 Å². The third-order valence-electron chi connectivity index (χ3n) is 4.19. The van der Waals surface area contributed by atoms with Gasteiger partial charge in [0.15, 0.2) is 0 Å². The Labute approximate surface area is 120 Å². The fraction of sp³-hybridized carbons (Fsp3) is 0.857. The maximum atomic E-state index is 12.3. The van der Waals surface area contributed by atoms with Gasteiger partial charge >= 0.3 is 12.0 Å². The van der Waals surface area contributed by atoms with Crippen molar-refractivity contribution in [3.63, 3.8) is 0 Å². The lowest BCUT2D eigenvalue weighted by atomic mass is 9.97. The quantitative estimate of drug-likeness (QED) is 0.819. The van der Waals surface area contributed by atoms with Crippen LogP contribution in [0.2, 0.25) is 0 Å². The van der Waals surface area contributed by atoms with Crippen molar-refractivity contribution in [2.24, 2.45) is 5.92 Å². The highest BCUT2D eigenvalue weighted by molar-refractivity contribution is 5.76. The molecule has 6 heteroatoms. The van der Waals surface area contributed by atoms with Crippen molar-refractivity contribution in [3.8, 4) is 0 Å². The number of carbonyl (C=O) groups is 2. The Morgan fingerprint density at radius 3 is 2.05 bits per heavy atom. The molecular weight excluding hydrogens is 258 g/mol. The van der Waals surface area contributed by atoms with Crippen LogP contribution in [0.4, 0.5) is 4.79 Å². The standard InChI is InChI=1S/C14H25N3O3/c1-14(2,3)17-6-4-15(5-7-17)13(20)16-9-11(10-16)8-12(18)19/h11H,4-10H2,1-3H3,(H,18,19). The minimum atomic E-state index is -0.777. The van der Waals surface area contributed by atoms with E-state index >= 15 is 0 Å². The van der Waals surface area contributed by atoms with E-state index in [2.05, 4.69) is 25.7 Å². The monoisotopic (exact) mass is 283 g/mol. The van der Waals surface area contributed by atoms with Crippen LogP contribution in [0.1, 0.15) is 27.2 Å². The largest absolute Gasteiger partial charge is 0.481 e. The van der Waals surface area contributed by atoms with E-state index in [1.807, 2.05) is 4.90 Å². The summed E-state index contributed by atoms with van der Waals surface area (Å²) in [5.41, 5.74) is 0.151. The van der Waals surface area contributed by atoms with Gasteiger partial charge in [-0.05, 0) is 20.8 Å². The van der Waals surface area contributed by atoms with Crippen LogP contribution in [-0.4, -0.2) is 76.6 Å². The van der Waals surface area contributed by atoms with Crippen LogP contribution >= 0.6 is 0 Å². The first-order valence-corrected chi connectivity index (χ1v) is 7.28. The molecule has 0 unspecified atom stereocenters. The average molecular weight is 283 g/mol. The predicted octanol–water partition coefficient (Wildman–Crippen LogP) is 0.929. The Bertz CT molecular complexity index is 378. The van der Waals surface area contributed by atoms with Crippen molar-refractivity contribution in [1.82, 2.24) is 14.7 Å². The molecule has 114 valence electrons. The molecule has 0 aromatic carbocycles. The number of carbonyl (C=O) groups excluding carboxylic acids is 1. The lowest BCUT2D eigenvalue weighted by Crippen LogP contribution is -2.60. The van der Waals surface area contributed by atoms with Crippen LogP contribution in [-0.2, 0) is 4.79 Å². The van der Waals surface area contributed by atoms with Gasteiger partial charge in [0.25, 0.3) is 0 Å². The van der Waals surface area contributed by atoms with Crippen molar-refractivity contribution in [2.45, 2.75) is 32.7 Å². The number of amides is 2. The average Bonchev–Trinajstić information content (AvgIpc) is 2.31. The maximum absolute atomic E-state index is 12.3. The summed E-state index contributed by atoms with van der Waals surface area (Å²) in [6.07, 6.45) is 0.168. The minimum absolute atomic E-state index is 0.0696. The molecule has 20 heavy (non-hydrogen) atoms. The Morgan fingerprint density at radius 1 is 1.05 bits per heavy atom. The number of hydrogen-bond acceptors (Lipinski definition) is 3. The van der Waals surface area contributed by atoms with Crippen molar-refractivity contribution in [2.75, 3.05) is 39.3 Å². The van der Waals surface area contributed by atoms with Crippen LogP contribution in [0.3, 0.4) is 0 Å². The smallest absolute Gasteiger partial charge is 0.320 e. The van der Waals surface area contributed by atoms with E-state index in [4.69, 9.17) is 5.11 Å². The second-order valence-corrected chi connectivity index (χ2v) is 6.80. The highest BCUT2D eigenvalue weighted by atomic mass is 16.4. The Morgan fingerprint density at radius 2 is 1.60 bits per heavy atom. The van der Waals surface area contributed by atoms with Gasteiger partial charge in [-0.2, -0.15) is 0 Å². The summed E-state index contributed by atoms with van der Waals surface area (Å²) in [4.78, 5) is 28.9. The van der Waals surface area contributed by atoms with E-state index in [1.54, 1.807) is 4.90 Å². The number of urea groups is 1. The highest BCUT2D eigenvalue weighted by Gasteiger charge is 2.36. The zero-order valence-electron chi connectivity index (χ0n) is 12.6. The van der Waals surface area contributed by atoms with Crippen LogP contribution in [0.15, 0.2) is 0 Å². The Hall–Kier alpha value is -1.30. The third-order valence-corrected chi connectivity index (χ3v) is 4.19. The minimum Gasteiger partial charge on any atom is -0.481 e. The molecule has 0 aliphatic carbocycles. The molecule has 0 spiro atoms. The second kappa shape index (κ2) is 5.60. The molecule has 2 fully saturated rings. The first-order chi connectivity index (χ1) is 9.27. The fourth-order valence-electron chi connectivity index (χ4n) is 2.87. The molecule has 0 radical (unpaired) electrons. The summed E-state index contributed by atoms with van der Waals surface area (Å²) in [7, 11) is 0. The van der Waals surface area contributed by atoms with Crippen molar-refractivity contribution < 1.29 is 14.7 Å². The van der Waals surface area contributed by atoms with Gasteiger partial charge in [0, 0.05) is 50.7 Å². The Balaban J connectivity index is 1.75. The molecule has 0 bridgehead atoms. The van der Waals surface area contributed by atoms with Crippen LogP contribution in [0, 0.1) is 5.92 Å². The van der Waals surface area contributed by atoms with Gasteiger partial charge in [0.2, 0.25) is 0 Å². The third kappa shape index (κ3) is 3.42. The van der Waals surface area contributed by atoms with Gasteiger partial charge < -0.3 is 14.9 Å². The van der Waals surface area contributed by atoms with Crippen molar-refractivity contribution in [3.05, 3.63) is 0 Å². The molecule has 0 aromatic rings. The molecule has 0 saturated carbocycles. The summed E-state index contributed by atoms with van der Waals surface area (Å²) < 4.78 is 0. The summed E-state index contributed by atoms with van der Waals surface area (Å²) in [6, 6.07) is 0.0696. The summed E-state index contributed by atoms with van der Waals surface area (Å²) in [5.74, 6) is -0.645. The van der Waals surface area contributed by atoms with Gasteiger partial charge in [-0.15, -0.1) is 0 Å². The number of carboxylic acid groups (broad SMARTS) is 1. The molecule has 0 atom stereocenters. The number of nitrogens with zero attached hydrogens (tertiary/aromatic N) is 3. The zero-order valence-corrected chi connectivity index (χ0v) is 12.6. The molecule has 2 heterocycles. The molecule has 2 aliphatic heterocycles. The first kappa shape index (κ1) is 15.1. The molecule has 2 saturated heterocycles. The topological polar surface area (TPSA) is 64.1 Å². The van der Waals surface area contributed by atoms with E-state index in [-0.39, 0.29) is 23.9 Å². The van der Waals surface area contributed by atoms with E-state index in [0.29, 0.717) is 13.1 Å². The molecule has 2 amide bonds. The van der Waals surface area contributed by atoms with Crippen LogP contribution < -0.4 is 0 Å². The molecule has 2 aliphatic rings.